The van der Waals surface area contributed by atoms with Crippen LogP contribution in [-0.4, -0.2) is 9.52 Å². The first kappa shape index (κ1) is 46.2. The molecule has 6 rings (SSSR count). The van der Waals surface area contributed by atoms with Crippen molar-refractivity contribution in [1.82, 2.24) is 0 Å². The van der Waals surface area contributed by atoms with E-state index in [-0.39, 0.29) is 10.8 Å². The molecule has 0 aliphatic rings. The Morgan fingerprint density at radius 3 is 1.17 bits per heavy atom. The van der Waals surface area contributed by atoms with Crippen molar-refractivity contribution < 1.29 is 20.8 Å². The third kappa shape index (κ3) is 11.9. The number of hydrogen-bond donors (Lipinski definition) is 0. The van der Waals surface area contributed by atoms with E-state index in [0.717, 1.165) is 35.2 Å². The van der Waals surface area contributed by atoms with Gasteiger partial charge in [0.25, 0.3) is 0 Å². The van der Waals surface area contributed by atoms with Gasteiger partial charge in [0.05, 0.1) is 0 Å². The molecule has 4 heteroatoms. The van der Waals surface area contributed by atoms with Gasteiger partial charge in [0, 0.05) is 9.52 Å². The summed E-state index contributed by atoms with van der Waals surface area (Å²) in [5.41, 5.74) is 14.8. The van der Waals surface area contributed by atoms with Crippen molar-refractivity contribution in [1.29, 1.82) is 0 Å². The molecule has 0 aliphatic carbocycles. The quantitative estimate of drug-likeness (QED) is 0.106. The number of hydrogen-bond acceptors (Lipinski definition) is 0. The Morgan fingerprint density at radius 2 is 0.870 bits per heavy atom. The van der Waals surface area contributed by atoms with Gasteiger partial charge in [0.1, 0.15) is 0 Å². The molecule has 0 nitrogen and oxygen atoms in total. The number of aryl methyl sites for hydroxylation is 4. The van der Waals surface area contributed by atoms with Crippen LogP contribution in [0.3, 0.4) is 0 Å². The Kier molecular flexibility index (Phi) is 18.7. The first-order valence-electron chi connectivity index (χ1n) is 19.9. The van der Waals surface area contributed by atoms with Gasteiger partial charge in [-0.25, -0.2) is 0 Å². The molecule has 0 saturated carbocycles. The van der Waals surface area contributed by atoms with Gasteiger partial charge in [0.15, 0.2) is 0 Å². The van der Waals surface area contributed by atoms with Crippen LogP contribution in [-0.2, 0) is 57.4 Å². The zero-order valence-corrected chi connectivity index (χ0v) is 40.2. The summed E-state index contributed by atoms with van der Waals surface area (Å²) in [6.07, 6.45) is 6.79. The van der Waals surface area contributed by atoms with Gasteiger partial charge in [-0.3, -0.25) is 0 Å². The standard InChI is InChI=1S/2C24H29.C2H6Si.2ClH.Zr/c2*1-6-10-18-13-14-19-15-20(24(3,4)5)16-22(19)23(18)21-12-9-8-11-17(21)7-2;1-3-2;;;/h2*8-9,11-16H,6-7,10H2,1-5H3;1-2H3;2*1H;/q2*-1;;;;+4/p-2. The zero-order chi connectivity index (χ0) is 40.1. The summed E-state index contributed by atoms with van der Waals surface area (Å²) in [5.74, 6) is 0. The second-order valence-electron chi connectivity index (χ2n) is 16.3. The van der Waals surface area contributed by atoms with Crippen LogP contribution in [0.15, 0.2) is 97.1 Å². The molecule has 54 heavy (non-hydrogen) atoms. The minimum absolute atomic E-state index is 0.186. The van der Waals surface area contributed by atoms with E-state index in [0.29, 0.717) is 0 Å². The van der Waals surface area contributed by atoms with Gasteiger partial charge in [0.2, 0.25) is 0 Å². The molecular formula is C50H64Cl2SiZr. The average Bonchev–Trinajstić information content (AvgIpc) is 3.79. The maximum atomic E-state index is 4.93. The predicted molar refractivity (Wildman–Crippen MR) is 243 cm³/mol. The van der Waals surface area contributed by atoms with E-state index in [9.17, 15) is 0 Å². The van der Waals surface area contributed by atoms with Gasteiger partial charge in [-0.2, -0.15) is 12.1 Å². The van der Waals surface area contributed by atoms with Crippen LogP contribution in [0.1, 0.15) is 115 Å². The molecule has 0 saturated heterocycles. The van der Waals surface area contributed by atoms with Crippen LogP contribution < -0.4 is 0 Å². The Bertz CT molecular complexity index is 1880. The first-order chi connectivity index (χ1) is 25.7. The summed E-state index contributed by atoms with van der Waals surface area (Å²) in [5, 5.41) is 5.60. The molecule has 0 atom stereocenters. The molecule has 0 amide bonds. The zero-order valence-electron chi connectivity index (χ0n) is 35.2. The molecule has 2 radical (unpaired) electrons. The van der Waals surface area contributed by atoms with E-state index in [1.54, 1.807) is 0 Å². The summed E-state index contributed by atoms with van der Waals surface area (Å²) >= 11 is -0.826. The molecule has 0 aliphatic heterocycles. The Labute approximate surface area is 350 Å². The van der Waals surface area contributed by atoms with Crippen LogP contribution in [0.5, 0.6) is 0 Å². The molecule has 6 aromatic rings. The SMILES string of the molecule is CCCc1ccc2[cH-]c(C(C)(C)C)cc2c1-c1ccccc1CC.CCCc1ccc2[cH-]c(C(C)(C)C)cc2c1-c1ccccc1CC.C[Si]C.[Cl][Zr+2][Cl]. The van der Waals surface area contributed by atoms with Gasteiger partial charge in [-0.05, 0) is 58.8 Å². The molecule has 0 aromatic heterocycles. The average molecular weight is 855 g/mol. The van der Waals surface area contributed by atoms with Crippen molar-refractivity contribution in [2.45, 2.75) is 132 Å². The fourth-order valence-corrected chi connectivity index (χ4v) is 7.26. The van der Waals surface area contributed by atoms with E-state index in [4.69, 9.17) is 17.0 Å². The van der Waals surface area contributed by atoms with Crippen molar-refractivity contribution >= 4 is 48.1 Å². The maximum absolute atomic E-state index is 4.93. The van der Waals surface area contributed by atoms with Crippen LogP contribution >= 0.6 is 17.0 Å². The molecule has 0 heterocycles. The van der Waals surface area contributed by atoms with E-state index in [1.807, 2.05) is 0 Å². The van der Waals surface area contributed by atoms with Crippen molar-refractivity contribution in [2.75, 3.05) is 0 Å². The summed E-state index contributed by atoms with van der Waals surface area (Å²) < 4.78 is 0. The van der Waals surface area contributed by atoms with Gasteiger partial charge < -0.3 is 0 Å². The van der Waals surface area contributed by atoms with Crippen LogP contribution in [0, 0.1) is 0 Å². The van der Waals surface area contributed by atoms with Gasteiger partial charge in [-0.1, -0.05) is 166 Å². The topological polar surface area (TPSA) is 0 Å². The summed E-state index contributed by atoms with van der Waals surface area (Å²) in [6.45, 7) is 27.1. The Hall–Kier alpha value is -2.22. The van der Waals surface area contributed by atoms with Gasteiger partial charge >= 0.3 is 37.9 Å². The van der Waals surface area contributed by atoms with E-state index >= 15 is 0 Å². The normalized spacial score (nSPS) is 11.2. The van der Waals surface area contributed by atoms with Crippen molar-refractivity contribution in [3.63, 3.8) is 0 Å². The third-order valence-corrected chi connectivity index (χ3v) is 10.1. The molecule has 0 bridgehead atoms. The second-order valence-corrected chi connectivity index (χ2v) is 21.0. The van der Waals surface area contributed by atoms with Crippen molar-refractivity contribution in [2.24, 2.45) is 0 Å². The monoisotopic (exact) mass is 852 g/mol. The molecule has 6 aromatic carbocycles. The summed E-state index contributed by atoms with van der Waals surface area (Å²) in [7, 11) is 11.0. The van der Waals surface area contributed by atoms with Crippen LogP contribution in [0.2, 0.25) is 13.1 Å². The van der Waals surface area contributed by atoms with Crippen LogP contribution in [0.4, 0.5) is 0 Å². The van der Waals surface area contributed by atoms with E-state index in [1.165, 1.54) is 90.0 Å². The molecule has 0 N–H and O–H groups in total. The predicted octanol–water partition coefficient (Wildman–Crippen LogP) is 16.2. The molecule has 0 unspecified atom stereocenters. The second kappa shape index (κ2) is 21.9. The van der Waals surface area contributed by atoms with Crippen molar-refractivity contribution in [3.05, 3.63) is 130 Å². The minimum atomic E-state index is -0.826. The number of benzene rings is 4. The molecule has 286 valence electrons. The Balaban J connectivity index is 0.000000254. The summed E-state index contributed by atoms with van der Waals surface area (Å²) in [4.78, 5) is 0. The van der Waals surface area contributed by atoms with Crippen LogP contribution in [0.25, 0.3) is 43.8 Å². The fraction of sp³-hybridized carbons (Fsp3) is 0.400. The van der Waals surface area contributed by atoms with Crippen molar-refractivity contribution in [3.8, 4) is 22.3 Å². The fourth-order valence-electron chi connectivity index (χ4n) is 7.26. The first-order valence-corrected chi connectivity index (χ1v) is 28.2. The third-order valence-electron chi connectivity index (χ3n) is 10.1. The van der Waals surface area contributed by atoms with Gasteiger partial charge in [-0.15, -0.1) is 69.1 Å². The molecule has 0 spiro atoms. The molecule has 0 fully saturated rings. The van der Waals surface area contributed by atoms with E-state index in [2.05, 4.69) is 179 Å². The Morgan fingerprint density at radius 1 is 0.537 bits per heavy atom. The summed E-state index contributed by atoms with van der Waals surface area (Å²) in [6, 6.07) is 36.8. The number of rotatable bonds is 8. The number of halogens is 2. The number of fused-ring (bicyclic) bond motifs is 2. The van der Waals surface area contributed by atoms with E-state index < -0.39 is 20.8 Å². The molecular weight excluding hydrogens is 791 g/mol.